The second-order valence-corrected chi connectivity index (χ2v) is 9.72. The minimum absolute atomic E-state index is 0.0177. The van der Waals surface area contributed by atoms with Crippen LogP contribution in [0.15, 0.2) is 24.7 Å². The van der Waals surface area contributed by atoms with E-state index in [1.165, 1.54) is 17.5 Å². The Kier molecular flexibility index (Phi) is 6.20. The van der Waals surface area contributed by atoms with E-state index >= 15 is 0 Å². The number of thiazole rings is 1. The van der Waals surface area contributed by atoms with E-state index in [9.17, 15) is 9.59 Å². The summed E-state index contributed by atoms with van der Waals surface area (Å²) in [5, 5.41) is 13.5. The first-order valence-corrected chi connectivity index (χ1v) is 11.4. The zero-order valence-corrected chi connectivity index (χ0v) is 19.5. The van der Waals surface area contributed by atoms with E-state index in [4.69, 9.17) is 10.00 Å². The van der Waals surface area contributed by atoms with Crippen LogP contribution in [-0.2, 0) is 16.0 Å². The Balaban J connectivity index is 1.40. The van der Waals surface area contributed by atoms with Crippen molar-refractivity contribution in [1.82, 2.24) is 24.8 Å². The maximum absolute atomic E-state index is 12.9. The summed E-state index contributed by atoms with van der Waals surface area (Å²) in [6, 6.07) is 3.95. The molecule has 1 saturated heterocycles. The van der Waals surface area contributed by atoms with Crippen LogP contribution in [-0.4, -0.2) is 68.5 Å². The highest BCUT2D eigenvalue weighted by Gasteiger charge is 2.28. The van der Waals surface area contributed by atoms with Crippen molar-refractivity contribution >= 4 is 45.2 Å². The van der Waals surface area contributed by atoms with Crippen molar-refractivity contribution in [3.63, 3.8) is 0 Å². The van der Waals surface area contributed by atoms with Crippen LogP contribution in [0, 0.1) is 11.3 Å². The second-order valence-electron chi connectivity index (χ2n) is 8.69. The maximum atomic E-state index is 12.9. The topological polar surface area (TPSA) is 127 Å². The Hall–Kier alpha value is -3.65. The van der Waals surface area contributed by atoms with Crippen LogP contribution >= 0.6 is 11.3 Å². The van der Waals surface area contributed by atoms with E-state index in [2.05, 4.69) is 26.3 Å². The number of aromatic amines is 1. The average molecular weight is 468 g/mol. The molecule has 11 heteroatoms. The molecule has 2 amide bonds. The molecular weight excluding hydrogens is 442 g/mol. The number of ether oxygens (including phenoxy) is 1. The van der Waals surface area contributed by atoms with E-state index in [1.807, 2.05) is 26.8 Å². The fraction of sp³-hybridized carbons (Fsp3) is 0.409. The van der Waals surface area contributed by atoms with E-state index in [-0.39, 0.29) is 18.4 Å². The number of pyridine rings is 1. The summed E-state index contributed by atoms with van der Waals surface area (Å²) in [7, 11) is 0. The van der Waals surface area contributed by atoms with E-state index < -0.39 is 5.60 Å². The molecule has 0 saturated carbocycles. The van der Waals surface area contributed by atoms with Gasteiger partial charge in [-0.25, -0.2) is 14.8 Å². The summed E-state index contributed by atoms with van der Waals surface area (Å²) in [5.41, 5.74) is 1.07. The van der Waals surface area contributed by atoms with E-state index in [1.54, 1.807) is 22.2 Å². The normalized spacial score (nSPS) is 14.2. The van der Waals surface area contributed by atoms with Gasteiger partial charge in [-0.1, -0.05) is 11.3 Å². The second kappa shape index (κ2) is 9.07. The number of nitrogens with zero attached hydrogens (tertiary/aromatic N) is 5. The Morgan fingerprint density at radius 1 is 1.21 bits per heavy atom. The number of amides is 2. The Morgan fingerprint density at radius 3 is 2.61 bits per heavy atom. The molecule has 3 aromatic heterocycles. The number of carbonyl (C=O) groups excluding carboxylic acids is 2. The number of aromatic nitrogens is 3. The Labute approximate surface area is 195 Å². The number of piperazine rings is 1. The predicted octanol–water partition coefficient (Wildman–Crippen LogP) is 3.26. The van der Waals surface area contributed by atoms with Crippen LogP contribution in [0.25, 0.3) is 10.9 Å². The molecule has 4 heterocycles. The Bertz CT molecular complexity index is 1210. The van der Waals surface area contributed by atoms with Gasteiger partial charge in [-0.2, -0.15) is 5.26 Å². The van der Waals surface area contributed by atoms with Gasteiger partial charge < -0.3 is 24.8 Å². The highest BCUT2D eigenvalue weighted by Crippen LogP contribution is 2.28. The summed E-state index contributed by atoms with van der Waals surface area (Å²) in [5.74, 6) is 0.586. The van der Waals surface area contributed by atoms with Crippen LogP contribution < -0.4 is 5.32 Å². The van der Waals surface area contributed by atoms with Crippen molar-refractivity contribution in [2.75, 3.05) is 31.5 Å². The predicted molar refractivity (Wildman–Crippen MR) is 124 cm³/mol. The first-order chi connectivity index (χ1) is 15.7. The molecule has 1 aliphatic heterocycles. The molecule has 0 aromatic carbocycles. The maximum Gasteiger partial charge on any atom is 0.410 e. The average Bonchev–Trinajstić information content (AvgIpc) is 3.44. The lowest BCUT2D eigenvalue weighted by Crippen LogP contribution is -2.52. The number of nitriles is 1. The molecule has 0 aliphatic carbocycles. The first kappa shape index (κ1) is 22.5. The monoisotopic (exact) mass is 467 g/mol. The van der Waals surface area contributed by atoms with Crippen molar-refractivity contribution < 1.29 is 14.3 Å². The quantitative estimate of drug-likeness (QED) is 0.603. The van der Waals surface area contributed by atoms with Crippen molar-refractivity contribution in [2.24, 2.45) is 0 Å². The van der Waals surface area contributed by atoms with Gasteiger partial charge in [-0.15, -0.1) is 0 Å². The fourth-order valence-corrected chi connectivity index (χ4v) is 4.18. The molecule has 1 fully saturated rings. The summed E-state index contributed by atoms with van der Waals surface area (Å²) in [4.78, 5) is 41.0. The molecule has 0 radical (unpaired) electrons. The van der Waals surface area contributed by atoms with Gasteiger partial charge in [-0.3, -0.25) is 4.79 Å². The number of nitrogens with one attached hydrogen (secondary N) is 2. The van der Waals surface area contributed by atoms with Crippen LogP contribution in [0.2, 0.25) is 0 Å². The minimum atomic E-state index is -0.545. The third kappa shape index (κ3) is 5.23. The third-order valence-corrected chi connectivity index (χ3v) is 5.96. The molecule has 2 N–H and O–H groups in total. The van der Waals surface area contributed by atoms with Crippen LogP contribution in [0.5, 0.6) is 0 Å². The lowest BCUT2D eigenvalue weighted by molar-refractivity contribution is -0.132. The molecule has 172 valence electrons. The third-order valence-electron chi connectivity index (χ3n) is 5.14. The number of carbonyl (C=O) groups is 2. The highest BCUT2D eigenvalue weighted by molar-refractivity contribution is 7.16. The summed E-state index contributed by atoms with van der Waals surface area (Å²) >= 11 is 1.25. The smallest absolute Gasteiger partial charge is 0.410 e. The van der Waals surface area contributed by atoms with Gasteiger partial charge in [0, 0.05) is 49.5 Å². The van der Waals surface area contributed by atoms with Crippen molar-refractivity contribution in [3.8, 4) is 6.07 Å². The summed E-state index contributed by atoms with van der Waals surface area (Å²) in [6.45, 7) is 7.31. The SMILES string of the molecule is CC(C)(C)OC(=O)N1CCN(C(=O)Cc2cnc(Nc3ncc(C#N)s3)c3cc[nH]c23)CC1. The number of hydrogen-bond acceptors (Lipinski definition) is 8. The standard InChI is InChI=1S/C22H25N7O3S/c1-22(2,3)32-21(31)29-8-6-28(7-9-29)17(30)10-14-12-25-19(16-4-5-24-18(14)16)27-20-26-13-15(11-23)33-20/h4-5,12-13,24H,6-10H2,1-3H3,(H,25,26,27). The van der Waals surface area contributed by atoms with E-state index in [0.717, 1.165) is 16.5 Å². The van der Waals surface area contributed by atoms with Gasteiger partial charge in [-0.05, 0) is 26.8 Å². The number of rotatable bonds is 4. The zero-order valence-electron chi connectivity index (χ0n) is 18.7. The highest BCUT2D eigenvalue weighted by atomic mass is 32.1. The number of H-pyrrole nitrogens is 1. The lowest BCUT2D eigenvalue weighted by atomic mass is 10.1. The molecule has 0 unspecified atom stereocenters. The lowest BCUT2D eigenvalue weighted by Gasteiger charge is -2.35. The molecule has 4 rings (SSSR count). The number of anilines is 2. The van der Waals surface area contributed by atoms with Crippen LogP contribution in [0.3, 0.4) is 0 Å². The van der Waals surface area contributed by atoms with Gasteiger partial charge in [0.2, 0.25) is 5.91 Å². The van der Waals surface area contributed by atoms with Gasteiger partial charge >= 0.3 is 6.09 Å². The molecule has 0 bridgehead atoms. The summed E-state index contributed by atoms with van der Waals surface area (Å²) in [6.07, 6.45) is 4.84. The number of fused-ring (bicyclic) bond motifs is 1. The fourth-order valence-electron chi connectivity index (χ4n) is 3.57. The van der Waals surface area contributed by atoms with Crippen molar-refractivity contribution in [1.29, 1.82) is 5.26 Å². The minimum Gasteiger partial charge on any atom is -0.444 e. The molecule has 0 spiro atoms. The van der Waals surface area contributed by atoms with E-state index in [0.29, 0.717) is 42.0 Å². The number of hydrogen-bond donors (Lipinski definition) is 2. The zero-order chi connectivity index (χ0) is 23.6. The molecule has 33 heavy (non-hydrogen) atoms. The van der Waals surface area contributed by atoms with Crippen molar-refractivity contribution in [2.45, 2.75) is 32.8 Å². The molecule has 10 nitrogen and oxygen atoms in total. The van der Waals surface area contributed by atoms with Crippen LogP contribution in [0.4, 0.5) is 15.7 Å². The van der Waals surface area contributed by atoms with Gasteiger partial charge in [0.1, 0.15) is 22.4 Å². The summed E-state index contributed by atoms with van der Waals surface area (Å²) < 4.78 is 5.42. The first-order valence-electron chi connectivity index (χ1n) is 10.6. The van der Waals surface area contributed by atoms with Gasteiger partial charge in [0.15, 0.2) is 5.13 Å². The molecule has 1 aliphatic rings. The van der Waals surface area contributed by atoms with Crippen molar-refractivity contribution in [3.05, 3.63) is 35.1 Å². The Morgan fingerprint density at radius 2 is 1.94 bits per heavy atom. The molecule has 3 aromatic rings. The van der Waals surface area contributed by atoms with Gasteiger partial charge in [0.25, 0.3) is 0 Å². The van der Waals surface area contributed by atoms with Gasteiger partial charge in [0.05, 0.1) is 18.1 Å². The largest absolute Gasteiger partial charge is 0.444 e. The molecular formula is C22H25N7O3S. The van der Waals surface area contributed by atoms with Crippen LogP contribution in [0.1, 0.15) is 31.2 Å². The molecule has 0 atom stereocenters.